The second kappa shape index (κ2) is 4.63. The Hall–Kier alpha value is -2.12. The minimum absolute atomic E-state index is 0.0156. The van der Waals surface area contributed by atoms with E-state index in [9.17, 15) is 9.59 Å². The molecule has 0 spiro atoms. The average Bonchev–Trinajstić information content (AvgIpc) is 2.55. The quantitative estimate of drug-likeness (QED) is 0.697. The number of rotatable bonds is 3. The molecule has 0 aromatic carbocycles. The van der Waals surface area contributed by atoms with Gasteiger partial charge in [0.25, 0.3) is 0 Å². The highest BCUT2D eigenvalue weighted by molar-refractivity contribution is 5.92. The predicted molar refractivity (Wildman–Crippen MR) is 66.8 cm³/mol. The van der Waals surface area contributed by atoms with Crippen LogP contribution in [0.25, 0.3) is 0 Å². The second-order valence-electron chi connectivity index (χ2n) is 4.56. The topological polar surface area (TPSA) is 103 Å². The molecule has 2 heterocycles. The zero-order valence-electron chi connectivity index (χ0n) is 10.5. The lowest BCUT2D eigenvalue weighted by atomic mass is 10.4. The minimum Gasteiger partial charge on any atom is -0.353 e. The maximum atomic E-state index is 11.6. The summed E-state index contributed by atoms with van der Waals surface area (Å²) in [5.74, 6) is 0.427. The molecule has 3 N–H and O–H groups in total. The van der Waals surface area contributed by atoms with Gasteiger partial charge in [0.05, 0.1) is 6.54 Å². The number of anilines is 2. The van der Waals surface area contributed by atoms with Gasteiger partial charge in [-0.05, 0) is 20.8 Å². The van der Waals surface area contributed by atoms with Gasteiger partial charge >= 0.3 is 11.7 Å². The van der Waals surface area contributed by atoms with Crippen LogP contribution in [0.15, 0.2) is 4.79 Å². The van der Waals surface area contributed by atoms with Gasteiger partial charge < -0.3 is 10.6 Å². The van der Waals surface area contributed by atoms with Crippen LogP contribution in [0, 0.1) is 0 Å². The molecule has 1 saturated heterocycles. The van der Waals surface area contributed by atoms with E-state index in [2.05, 4.69) is 25.6 Å². The lowest BCUT2D eigenvalue weighted by Gasteiger charge is -2.13. The SMILES string of the molecule is CC(C)Nc1nc(N2CC(C)NC2=O)nc(=O)[nH]1. The van der Waals surface area contributed by atoms with Crippen LogP contribution in [0.4, 0.5) is 16.7 Å². The van der Waals surface area contributed by atoms with Gasteiger partial charge in [0.1, 0.15) is 0 Å². The van der Waals surface area contributed by atoms with Crippen molar-refractivity contribution in [1.29, 1.82) is 0 Å². The van der Waals surface area contributed by atoms with E-state index in [1.54, 1.807) is 0 Å². The molecule has 1 aromatic heterocycles. The molecule has 8 nitrogen and oxygen atoms in total. The number of urea groups is 1. The van der Waals surface area contributed by atoms with Crippen molar-refractivity contribution in [2.75, 3.05) is 16.8 Å². The first-order chi connectivity index (χ1) is 8.45. The zero-order chi connectivity index (χ0) is 13.3. The average molecular weight is 252 g/mol. The molecule has 0 aliphatic carbocycles. The smallest absolute Gasteiger partial charge is 0.351 e. The Morgan fingerprint density at radius 2 is 2.11 bits per heavy atom. The molecule has 98 valence electrons. The summed E-state index contributed by atoms with van der Waals surface area (Å²) in [6.07, 6.45) is 0. The molecule has 1 aromatic rings. The molecule has 0 saturated carbocycles. The summed E-state index contributed by atoms with van der Waals surface area (Å²) < 4.78 is 0. The van der Waals surface area contributed by atoms with Crippen LogP contribution >= 0.6 is 0 Å². The first kappa shape index (κ1) is 12.3. The van der Waals surface area contributed by atoms with Crippen LogP contribution in [0.1, 0.15) is 20.8 Å². The van der Waals surface area contributed by atoms with E-state index in [-0.39, 0.29) is 24.1 Å². The van der Waals surface area contributed by atoms with Crippen LogP contribution in [0.2, 0.25) is 0 Å². The molecule has 2 amide bonds. The van der Waals surface area contributed by atoms with Crippen molar-refractivity contribution in [1.82, 2.24) is 20.3 Å². The van der Waals surface area contributed by atoms with E-state index in [0.717, 1.165) is 0 Å². The van der Waals surface area contributed by atoms with Gasteiger partial charge in [0, 0.05) is 12.1 Å². The van der Waals surface area contributed by atoms with Crippen molar-refractivity contribution in [2.24, 2.45) is 0 Å². The van der Waals surface area contributed by atoms with Gasteiger partial charge in [-0.3, -0.25) is 9.88 Å². The Kier molecular flexibility index (Phi) is 3.17. The fourth-order valence-corrected chi connectivity index (χ4v) is 1.70. The zero-order valence-corrected chi connectivity index (χ0v) is 10.5. The first-order valence-electron chi connectivity index (χ1n) is 5.78. The Morgan fingerprint density at radius 3 is 2.67 bits per heavy atom. The predicted octanol–water partition coefficient (Wildman–Crippen LogP) is -0.0967. The third-order valence-corrected chi connectivity index (χ3v) is 2.38. The molecule has 0 radical (unpaired) electrons. The Morgan fingerprint density at radius 1 is 1.39 bits per heavy atom. The summed E-state index contributed by atoms with van der Waals surface area (Å²) >= 11 is 0. The van der Waals surface area contributed by atoms with Crippen molar-refractivity contribution in [3.8, 4) is 0 Å². The number of hydrogen-bond donors (Lipinski definition) is 3. The highest BCUT2D eigenvalue weighted by Crippen LogP contribution is 2.12. The molecule has 18 heavy (non-hydrogen) atoms. The van der Waals surface area contributed by atoms with Crippen LogP contribution in [0.3, 0.4) is 0 Å². The molecular formula is C10H16N6O2. The molecule has 1 unspecified atom stereocenters. The summed E-state index contributed by atoms with van der Waals surface area (Å²) in [7, 11) is 0. The molecule has 1 aliphatic rings. The number of hydrogen-bond acceptors (Lipinski definition) is 5. The highest BCUT2D eigenvalue weighted by Gasteiger charge is 2.29. The maximum Gasteiger partial charge on any atom is 0.351 e. The number of H-pyrrole nitrogens is 1. The number of carbonyl (C=O) groups excluding carboxylic acids is 1. The molecule has 8 heteroatoms. The van der Waals surface area contributed by atoms with Gasteiger partial charge in [-0.2, -0.15) is 9.97 Å². The molecule has 2 rings (SSSR count). The summed E-state index contributed by atoms with van der Waals surface area (Å²) in [4.78, 5) is 34.7. The van der Waals surface area contributed by atoms with Crippen molar-refractivity contribution in [3.63, 3.8) is 0 Å². The second-order valence-corrected chi connectivity index (χ2v) is 4.56. The number of nitrogens with zero attached hydrogens (tertiary/aromatic N) is 3. The summed E-state index contributed by atoms with van der Waals surface area (Å²) in [6, 6.07) is -0.153. The molecular weight excluding hydrogens is 236 g/mol. The van der Waals surface area contributed by atoms with E-state index >= 15 is 0 Å². The van der Waals surface area contributed by atoms with Gasteiger partial charge in [-0.1, -0.05) is 0 Å². The van der Waals surface area contributed by atoms with Gasteiger partial charge in [0.15, 0.2) is 0 Å². The number of nitrogens with one attached hydrogen (secondary N) is 3. The summed E-state index contributed by atoms with van der Waals surface area (Å²) in [5.41, 5.74) is -0.532. The van der Waals surface area contributed by atoms with Crippen LogP contribution in [-0.2, 0) is 0 Å². The lowest BCUT2D eigenvalue weighted by molar-refractivity contribution is 0.251. The Labute approximate surface area is 104 Å². The largest absolute Gasteiger partial charge is 0.353 e. The monoisotopic (exact) mass is 252 g/mol. The van der Waals surface area contributed by atoms with Crippen molar-refractivity contribution in [3.05, 3.63) is 10.5 Å². The molecule has 1 aliphatic heterocycles. The van der Waals surface area contributed by atoms with E-state index in [1.165, 1.54) is 4.90 Å². The number of carbonyl (C=O) groups is 1. The normalized spacial score (nSPS) is 19.2. The van der Waals surface area contributed by atoms with Crippen LogP contribution in [0.5, 0.6) is 0 Å². The summed E-state index contributed by atoms with van der Waals surface area (Å²) in [6.45, 7) is 6.16. The van der Waals surface area contributed by atoms with Gasteiger partial charge in [-0.15, -0.1) is 0 Å². The molecule has 1 fully saturated rings. The third kappa shape index (κ3) is 2.58. The van der Waals surface area contributed by atoms with E-state index < -0.39 is 5.69 Å². The summed E-state index contributed by atoms with van der Waals surface area (Å²) in [5, 5.41) is 5.69. The van der Waals surface area contributed by atoms with Crippen molar-refractivity contribution >= 4 is 17.9 Å². The third-order valence-electron chi connectivity index (χ3n) is 2.38. The first-order valence-corrected chi connectivity index (χ1v) is 5.78. The number of aromatic amines is 1. The maximum absolute atomic E-state index is 11.6. The number of amides is 2. The Balaban J connectivity index is 2.30. The highest BCUT2D eigenvalue weighted by atomic mass is 16.2. The van der Waals surface area contributed by atoms with E-state index in [1.807, 2.05) is 20.8 Å². The van der Waals surface area contributed by atoms with Crippen molar-refractivity contribution in [2.45, 2.75) is 32.9 Å². The number of aromatic nitrogens is 3. The molecule has 0 bridgehead atoms. The van der Waals surface area contributed by atoms with Gasteiger partial charge in [0.2, 0.25) is 11.9 Å². The Bertz CT molecular complexity index is 511. The minimum atomic E-state index is -0.532. The standard InChI is InChI=1S/C10H16N6O2/c1-5(2)11-7-13-8(15-9(17)14-7)16-4-6(3)12-10(16)18/h5-6H,4H2,1-3H3,(H,12,18)(H2,11,13,14,15,17). The fourth-order valence-electron chi connectivity index (χ4n) is 1.70. The van der Waals surface area contributed by atoms with Crippen LogP contribution < -0.4 is 21.2 Å². The van der Waals surface area contributed by atoms with E-state index in [0.29, 0.717) is 12.5 Å². The van der Waals surface area contributed by atoms with E-state index in [4.69, 9.17) is 0 Å². The molecule has 1 atom stereocenters. The van der Waals surface area contributed by atoms with Crippen molar-refractivity contribution < 1.29 is 4.79 Å². The lowest BCUT2D eigenvalue weighted by Crippen LogP contribution is -2.32. The van der Waals surface area contributed by atoms with Gasteiger partial charge in [-0.25, -0.2) is 9.59 Å². The van der Waals surface area contributed by atoms with Crippen LogP contribution in [-0.4, -0.2) is 39.6 Å². The fraction of sp³-hybridized carbons (Fsp3) is 0.600.